The standard InChI is InChI=1S/C11H7F6NO3/c12-7-2-1-5(21-11(15,16)17)3-6(7)8-10(13,14)4-20-9(19)18-8/h1-3,8H,4H2,(H,18,19)/t8-/m0/s1. The second kappa shape index (κ2) is 5.01. The van der Waals surface area contributed by atoms with Crippen LogP contribution >= 0.6 is 0 Å². The Kier molecular flexibility index (Phi) is 3.64. The molecule has 4 nitrogen and oxygen atoms in total. The second-order valence-corrected chi connectivity index (χ2v) is 4.15. The van der Waals surface area contributed by atoms with E-state index < -0.39 is 48.2 Å². The normalized spacial score (nSPS) is 21.4. The minimum absolute atomic E-state index is 0.451. The number of alkyl carbamates (subject to hydrolysis) is 1. The maximum atomic E-state index is 13.6. The minimum atomic E-state index is -5.06. The Hall–Kier alpha value is -2.13. The van der Waals surface area contributed by atoms with E-state index in [-0.39, 0.29) is 0 Å². The Morgan fingerprint density at radius 2 is 2.00 bits per heavy atom. The fraction of sp³-hybridized carbons (Fsp3) is 0.364. The highest BCUT2D eigenvalue weighted by Crippen LogP contribution is 2.37. The Balaban J connectivity index is 2.37. The first-order chi connectivity index (χ1) is 9.58. The van der Waals surface area contributed by atoms with E-state index in [9.17, 15) is 31.1 Å². The number of nitrogens with one attached hydrogen (secondary N) is 1. The van der Waals surface area contributed by atoms with Gasteiger partial charge in [0, 0.05) is 5.56 Å². The van der Waals surface area contributed by atoms with Crippen LogP contribution < -0.4 is 10.1 Å². The zero-order chi connectivity index (χ0) is 15.8. The number of rotatable bonds is 2. The average Bonchev–Trinajstić information content (AvgIpc) is 2.33. The third-order valence-electron chi connectivity index (χ3n) is 2.59. The monoisotopic (exact) mass is 315 g/mol. The first kappa shape index (κ1) is 15.3. The third kappa shape index (κ3) is 3.50. The first-order valence-electron chi connectivity index (χ1n) is 5.45. The number of hydrogen-bond acceptors (Lipinski definition) is 3. The number of carbonyl (C=O) groups excluding carboxylic acids is 1. The average molecular weight is 315 g/mol. The van der Waals surface area contributed by atoms with Crippen molar-refractivity contribution in [1.29, 1.82) is 0 Å². The molecule has 1 saturated heterocycles. The molecular formula is C11H7F6NO3. The molecule has 1 fully saturated rings. The third-order valence-corrected chi connectivity index (χ3v) is 2.59. The molecule has 1 atom stereocenters. The van der Waals surface area contributed by atoms with Crippen molar-refractivity contribution < 1.29 is 40.6 Å². The van der Waals surface area contributed by atoms with Crippen LogP contribution in [-0.4, -0.2) is 25.0 Å². The van der Waals surface area contributed by atoms with E-state index >= 15 is 0 Å². The van der Waals surface area contributed by atoms with E-state index in [1.165, 1.54) is 0 Å². The smallest absolute Gasteiger partial charge is 0.443 e. The largest absolute Gasteiger partial charge is 0.573 e. The van der Waals surface area contributed by atoms with E-state index in [0.29, 0.717) is 18.2 Å². The van der Waals surface area contributed by atoms with Crippen LogP contribution in [0.15, 0.2) is 18.2 Å². The molecule has 0 bridgehead atoms. The summed E-state index contributed by atoms with van der Waals surface area (Å²) in [5.74, 6) is -5.78. The van der Waals surface area contributed by atoms with Gasteiger partial charge in [-0.25, -0.2) is 18.0 Å². The van der Waals surface area contributed by atoms with Crippen molar-refractivity contribution in [2.45, 2.75) is 18.3 Å². The van der Waals surface area contributed by atoms with Crippen LogP contribution in [0, 0.1) is 5.82 Å². The van der Waals surface area contributed by atoms with Gasteiger partial charge in [0.25, 0.3) is 0 Å². The zero-order valence-electron chi connectivity index (χ0n) is 10.0. The zero-order valence-corrected chi connectivity index (χ0v) is 10.0. The van der Waals surface area contributed by atoms with E-state index in [1.807, 2.05) is 0 Å². The maximum Gasteiger partial charge on any atom is 0.573 e. The van der Waals surface area contributed by atoms with Crippen molar-refractivity contribution >= 4 is 6.09 Å². The number of benzene rings is 1. The molecule has 0 aromatic heterocycles. The van der Waals surface area contributed by atoms with Crippen molar-refractivity contribution in [3.8, 4) is 5.75 Å². The van der Waals surface area contributed by atoms with Crippen LogP contribution in [0.25, 0.3) is 0 Å². The molecule has 0 aliphatic carbocycles. The number of hydrogen-bond donors (Lipinski definition) is 1. The molecule has 21 heavy (non-hydrogen) atoms. The van der Waals surface area contributed by atoms with Crippen LogP contribution in [0.1, 0.15) is 11.6 Å². The summed E-state index contributed by atoms with van der Waals surface area (Å²) in [6, 6.07) is -0.539. The van der Waals surface area contributed by atoms with E-state index in [0.717, 1.165) is 0 Å². The van der Waals surface area contributed by atoms with Gasteiger partial charge >= 0.3 is 18.4 Å². The van der Waals surface area contributed by atoms with Gasteiger partial charge in [-0.3, -0.25) is 0 Å². The molecule has 2 rings (SSSR count). The summed E-state index contributed by atoms with van der Waals surface area (Å²) >= 11 is 0. The molecule has 10 heteroatoms. The molecule has 1 N–H and O–H groups in total. The summed E-state index contributed by atoms with van der Waals surface area (Å²) in [6.07, 6.45) is -6.29. The molecule has 1 aromatic carbocycles. The number of amides is 1. The van der Waals surface area contributed by atoms with Crippen LogP contribution in [0.5, 0.6) is 5.75 Å². The van der Waals surface area contributed by atoms with Crippen molar-refractivity contribution in [3.05, 3.63) is 29.6 Å². The number of alkyl halides is 5. The topological polar surface area (TPSA) is 47.6 Å². The van der Waals surface area contributed by atoms with Gasteiger partial charge in [0.2, 0.25) is 0 Å². The lowest BCUT2D eigenvalue weighted by molar-refractivity contribution is -0.274. The fourth-order valence-corrected chi connectivity index (χ4v) is 1.76. The highest BCUT2D eigenvalue weighted by Gasteiger charge is 2.48. The van der Waals surface area contributed by atoms with Crippen molar-refractivity contribution in [2.24, 2.45) is 0 Å². The molecule has 1 heterocycles. The molecule has 1 amide bonds. The second-order valence-electron chi connectivity index (χ2n) is 4.15. The van der Waals surface area contributed by atoms with Crippen molar-refractivity contribution in [2.75, 3.05) is 6.61 Å². The van der Waals surface area contributed by atoms with Gasteiger partial charge in [0.15, 0.2) is 6.61 Å². The Morgan fingerprint density at radius 3 is 2.62 bits per heavy atom. The quantitative estimate of drug-likeness (QED) is 0.853. The Labute approximate surface area is 113 Å². The molecule has 1 aromatic rings. The highest BCUT2D eigenvalue weighted by molar-refractivity contribution is 5.69. The van der Waals surface area contributed by atoms with Crippen LogP contribution in [-0.2, 0) is 4.74 Å². The summed E-state index contributed by atoms with van der Waals surface area (Å²) in [6.45, 7) is -1.31. The lowest BCUT2D eigenvalue weighted by Gasteiger charge is -2.32. The van der Waals surface area contributed by atoms with Gasteiger partial charge in [-0.05, 0) is 18.2 Å². The predicted octanol–water partition coefficient (Wildman–Crippen LogP) is 3.14. The SMILES string of the molecule is O=C1N[C@@H](c2cc(OC(F)(F)F)ccc2F)C(F)(F)CO1. The first-order valence-corrected chi connectivity index (χ1v) is 5.45. The summed E-state index contributed by atoms with van der Waals surface area (Å²) in [5, 5.41) is 1.67. The van der Waals surface area contributed by atoms with Crippen LogP contribution in [0.4, 0.5) is 31.1 Å². The van der Waals surface area contributed by atoms with Gasteiger partial charge in [0.1, 0.15) is 17.6 Å². The van der Waals surface area contributed by atoms with Gasteiger partial charge < -0.3 is 14.8 Å². The number of ether oxygens (including phenoxy) is 2. The van der Waals surface area contributed by atoms with Gasteiger partial charge in [-0.1, -0.05) is 0 Å². The molecule has 1 aliphatic heterocycles. The van der Waals surface area contributed by atoms with Crippen LogP contribution in [0.2, 0.25) is 0 Å². The Bertz CT molecular complexity index is 559. The number of carbonyl (C=O) groups is 1. The molecule has 0 radical (unpaired) electrons. The summed E-state index contributed by atoms with van der Waals surface area (Å²) in [7, 11) is 0. The summed E-state index contributed by atoms with van der Waals surface area (Å²) in [4.78, 5) is 11.0. The lowest BCUT2D eigenvalue weighted by Crippen LogP contribution is -2.49. The lowest BCUT2D eigenvalue weighted by atomic mass is 9.99. The molecule has 1 aliphatic rings. The Morgan fingerprint density at radius 1 is 1.33 bits per heavy atom. The molecular weight excluding hydrogens is 308 g/mol. The number of halogens is 6. The molecule has 0 spiro atoms. The molecule has 116 valence electrons. The van der Waals surface area contributed by atoms with E-state index in [1.54, 1.807) is 5.32 Å². The van der Waals surface area contributed by atoms with Gasteiger partial charge in [-0.15, -0.1) is 13.2 Å². The number of cyclic esters (lactones) is 1. The summed E-state index contributed by atoms with van der Waals surface area (Å²) in [5.41, 5.74) is -0.835. The van der Waals surface area contributed by atoms with Crippen LogP contribution in [0.3, 0.4) is 0 Å². The van der Waals surface area contributed by atoms with Gasteiger partial charge in [0.05, 0.1) is 0 Å². The van der Waals surface area contributed by atoms with Gasteiger partial charge in [-0.2, -0.15) is 0 Å². The maximum absolute atomic E-state index is 13.6. The molecule has 0 saturated carbocycles. The predicted molar refractivity (Wildman–Crippen MR) is 55.3 cm³/mol. The minimum Gasteiger partial charge on any atom is -0.443 e. The van der Waals surface area contributed by atoms with E-state index in [4.69, 9.17) is 0 Å². The summed E-state index contributed by atoms with van der Waals surface area (Å²) < 4.78 is 84.6. The van der Waals surface area contributed by atoms with E-state index in [2.05, 4.69) is 9.47 Å². The van der Waals surface area contributed by atoms with Crippen molar-refractivity contribution in [3.63, 3.8) is 0 Å². The fourth-order valence-electron chi connectivity index (χ4n) is 1.76. The van der Waals surface area contributed by atoms with Crippen molar-refractivity contribution in [1.82, 2.24) is 5.32 Å². The highest BCUT2D eigenvalue weighted by atomic mass is 19.4. The molecule has 0 unspecified atom stereocenters.